The smallest absolute Gasteiger partial charge is 0.354 e. The summed E-state index contributed by atoms with van der Waals surface area (Å²) in [6.07, 6.45) is 7.37. The number of nitrogens with zero attached hydrogens (tertiary/aromatic N) is 5. The van der Waals surface area contributed by atoms with Gasteiger partial charge in [-0.1, -0.05) is 6.08 Å². The van der Waals surface area contributed by atoms with E-state index in [1.54, 1.807) is 12.3 Å². The van der Waals surface area contributed by atoms with Crippen LogP contribution in [0.1, 0.15) is 0 Å². The first-order chi connectivity index (χ1) is 8.74. The molecular formula is C10H10N6O2. The molecule has 0 aliphatic heterocycles. The first-order valence-corrected chi connectivity index (χ1v) is 5.06. The predicted molar refractivity (Wildman–Crippen MR) is 64.5 cm³/mol. The molecule has 0 saturated carbocycles. The maximum atomic E-state index is 11.1. The van der Waals surface area contributed by atoms with E-state index in [2.05, 4.69) is 26.8 Å². The summed E-state index contributed by atoms with van der Waals surface area (Å²) in [6, 6.07) is 0. The van der Waals surface area contributed by atoms with Crippen molar-refractivity contribution in [1.29, 1.82) is 0 Å². The van der Waals surface area contributed by atoms with Crippen molar-refractivity contribution in [2.24, 2.45) is 0 Å². The number of anilines is 1. The van der Waals surface area contributed by atoms with Gasteiger partial charge < -0.3 is 5.32 Å². The fourth-order valence-electron chi connectivity index (χ4n) is 1.41. The lowest BCUT2D eigenvalue weighted by Gasteiger charge is -2.06. The average Bonchev–Trinajstić information content (AvgIpc) is 2.89. The van der Waals surface area contributed by atoms with E-state index in [0.717, 1.165) is 0 Å². The van der Waals surface area contributed by atoms with Crippen molar-refractivity contribution < 1.29 is 4.92 Å². The number of rotatable bonds is 5. The molecule has 0 aliphatic carbocycles. The van der Waals surface area contributed by atoms with Gasteiger partial charge in [-0.15, -0.1) is 6.58 Å². The highest BCUT2D eigenvalue weighted by Gasteiger charge is 2.23. The number of imidazole rings is 1. The van der Waals surface area contributed by atoms with E-state index >= 15 is 0 Å². The van der Waals surface area contributed by atoms with Crippen LogP contribution in [0.4, 0.5) is 11.5 Å². The lowest BCUT2D eigenvalue weighted by Crippen LogP contribution is -2.09. The van der Waals surface area contributed by atoms with Crippen LogP contribution in [0.25, 0.3) is 5.82 Å². The Labute approximate surface area is 102 Å². The van der Waals surface area contributed by atoms with Gasteiger partial charge in [-0.05, 0) is 0 Å². The lowest BCUT2D eigenvalue weighted by molar-refractivity contribution is -0.384. The van der Waals surface area contributed by atoms with E-state index in [0.29, 0.717) is 6.54 Å². The van der Waals surface area contributed by atoms with Crippen LogP contribution >= 0.6 is 0 Å². The minimum atomic E-state index is -0.527. The number of nitrogens with one attached hydrogen (secondary N) is 1. The van der Waals surface area contributed by atoms with Crippen LogP contribution in [-0.4, -0.2) is 31.0 Å². The molecule has 0 unspecified atom stereocenters. The standard InChI is InChI=1S/C10H10N6O2/c1-2-3-12-9-8(16(17)18)10(14-6-13-9)15-5-4-11-7-15/h2,4-7H,1,3H2,(H,12,13,14). The Morgan fingerprint density at radius 1 is 1.56 bits per heavy atom. The average molecular weight is 246 g/mol. The molecule has 0 aliphatic rings. The Morgan fingerprint density at radius 3 is 3.00 bits per heavy atom. The third kappa shape index (κ3) is 2.17. The van der Waals surface area contributed by atoms with Gasteiger partial charge in [0, 0.05) is 18.9 Å². The van der Waals surface area contributed by atoms with Crippen molar-refractivity contribution in [3.8, 4) is 5.82 Å². The van der Waals surface area contributed by atoms with Crippen molar-refractivity contribution in [2.45, 2.75) is 0 Å². The predicted octanol–water partition coefficient (Wildman–Crippen LogP) is 1.17. The van der Waals surface area contributed by atoms with Gasteiger partial charge >= 0.3 is 5.69 Å². The second-order valence-corrected chi connectivity index (χ2v) is 3.29. The molecule has 0 spiro atoms. The third-order valence-corrected chi connectivity index (χ3v) is 2.15. The molecule has 0 saturated heterocycles. The van der Waals surface area contributed by atoms with Gasteiger partial charge in [0.15, 0.2) is 0 Å². The van der Waals surface area contributed by atoms with Gasteiger partial charge in [0.2, 0.25) is 11.6 Å². The zero-order valence-electron chi connectivity index (χ0n) is 9.35. The second-order valence-electron chi connectivity index (χ2n) is 3.29. The van der Waals surface area contributed by atoms with Gasteiger partial charge in [-0.3, -0.25) is 14.7 Å². The van der Waals surface area contributed by atoms with Gasteiger partial charge in [-0.2, -0.15) is 0 Å². The van der Waals surface area contributed by atoms with E-state index in [1.807, 2.05) is 0 Å². The first kappa shape index (κ1) is 11.7. The van der Waals surface area contributed by atoms with Crippen LogP contribution < -0.4 is 5.32 Å². The van der Waals surface area contributed by atoms with Crippen LogP contribution in [0, 0.1) is 10.1 Å². The van der Waals surface area contributed by atoms with Crippen LogP contribution in [0.3, 0.4) is 0 Å². The molecule has 0 amide bonds. The molecule has 1 N–H and O–H groups in total. The van der Waals surface area contributed by atoms with Gasteiger partial charge in [-0.25, -0.2) is 15.0 Å². The number of aromatic nitrogens is 4. The molecule has 2 aromatic rings. The zero-order valence-corrected chi connectivity index (χ0v) is 9.35. The van der Waals surface area contributed by atoms with E-state index in [1.165, 1.54) is 23.4 Å². The van der Waals surface area contributed by atoms with Crippen molar-refractivity contribution in [2.75, 3.05) is 11.9 Å². The highest BCUT2D eigenvalue weighted by atomic mass is 16.6. The molecule has 8 heteroatoms. The van der Waals surface area contributed by atoms with Crippen LogP contribution in [-0.2, 0) is 0 Å². The van der Waals surface area contributed by atoms with Crippen molar-refractivity contribution in [3.63, 3.8) is 0 Å². The van der Waals surface area contributed by atoms with Gasteiger partial charge in [0.05, 0.1) is 4.92 Å². The Morgan fingerprint density at radius 2 is 2.39 bits per heavy atom. The van der Waals surface area contributed by atoms with Crippen LogP contribution in [0.5, 0.6) is 0 Å². The Hall–Kier alpha value is -2.77. The molecule has 0 fully saturated rings. The molecule has 18 heavy (non-hydrogen) atoms. The molecule has 0 bridgehead atoms. The summed E-state index contributed by atoms with van der Waals surface area (Å²) in [4.78, 5) is 22.2. The number of hydrogen-bond donors (Lipinski definition) is 1. The zero-order chi connectivity index (χ0) is 13.0. The summed E-state index contributed by atoms with van der Waals surface area (Å²) in [5.74, 6) is 0.317. The van der Waals surface area contributed by atoms with Gasteiger partial charge in [0.1, 0.15) is 12.7 Å². The largest absolute Gasteiger partial charge is 0.361 e. The van der Waals surface area contributed by atoms with Crippen LogP contribution in [0.15, 0.2) is 37.7 Å². The third-order valence-electron chi connectivity index (χ3n) is 2.15. The second kappa shape index (κ2) is 5.04. The molecule has 2 aromatic heterocycles. The quantitative estimate of drug-likeness (QED) is 0.483. The Balaban J connectivity index is 2.52. The maximum absolute atomic E-state index is 11.1. The summed E-state index contributed by atoms with van der Waals surface area (Å²) in [5.41, 5.74) is -0.197. The number of nitro groups is 1. The fourth-order valence-corrected chi connectivity index (χ4v) is 1.41. The molecule has 0 aromatic carbocycles. The molecule has 92 valence electrons. The summed E-state index contributed by atoms with van der Waals surface area (Å²) < 4.78 is 1.46. The SMILES string of the molecule is C=CCNc1ncnc(-n2ccnc2)c1[N+](=O)[O-]. The van der Waals surface area contributed by atoms with E-state index < -0.39 is 4.92 Å². The van der Waals surface area contributed by atoms with Crippen molar-refractivity contribution >= 4 is 11.5 Å². The molecular weight excluding hydrogens is 236 g/mol. The molecule has 0 radical (unpaired) electrons. The van der Waals surface area contributed by atoms with Crippen molar-refractivity contribution in [3.05, 3.63) is 47.8 Å². The summed E-state index contributed by atoms with van der Waals surface area (Å²) in [7, 11) is 0. The van der Waals surface area contributed by atoms with E-state index in [4.69, 9.17) is 0 Å². The summed E-state index contributed by atoms with van der Waals surface area (Å²) in [6.45, 7) is 3.91. The molecule has 2 heterocycles. The normalized spacial score (nSPS) is 10.0. The molecule has 0 atom stereocenters. The summed E-state index contributed by atoms with van der Waals surface area (Å²) >= 11 is 0. The van der Waals surface area contributed by atoms with Gasteiger partial charge in [0.25, 0.3) is 0 Å². The maximum Gasteiger partial charge on any atom is 0.354 e. The highest BCUT2D eigenvalue weighted by molar-refractivity contribution is 5.64. The lowest BCUT2D eigenvalue weighted by atomic mass is 10.4. The highest BCUT2D eigenvalue weighted by Crippen LogP contribution is 2.27. The fraction of sp³-hybridized carbons (Fsp3) is 0.100. The topological polar surface area (TPSA) is 98.8 Å². The first-order valence-electron chi connectivity index (χ1n) is 5.06. The van der Waals surface area contributed by atoms with E-state index in [9.17, 15) is 10.1 Å². The minimum absolute atomic E-state index is 0.151. The Kier molecular flexibility index (Phi) is 3.28. The molecule has 2 rings (SSSR count). The Bertz CT molecular complexity index is 566. The monoisotopic (exact) mass is 246 g/mol. The molecule has 8 nitrogen and oxygen atoms in total. The number of hydrogen-bond acceptors (Lipinski definition) is 6. The van der Waals surface area contributed by atoms with Crippen LogP contribution in [0.2, 0.25) is 0 Å². The minimum Gasteiger partial charge on any atom is -0.361 e. The van der Waals surface area contributed by atoms with Crippen molar-refractivity contribution in [1.82, 2.24) is 19.5 Å². The van der Waals surface area contributed by atoms with E-state index in [-0.39, 0.29) is 17.3 Å². The summed E-state index contributed by atoms with van der Waals surface area (Å²) in [5, 5.41) is 13.9.